The number of hydrogen-bond donors (Lipinski definition) is 0. The zero-order chi connectivity index (χ0) is 16.8. The Labute approximate surface area is 153 Å². The Hall–Kier alpha value is -1.07. The molecule has 2 aromatic rings. The molecule has 2 heterocycles. The molecule has 0 N–H and O–H groups in total. The maximum atomic E-state index is 5.29. The molecule has 5 heteroatoms. The van der Waals surface area contributed by atoms with Crippen molar-refractivity contribution in [3.63, 3.8) is 0 Å². The van der Waals surface area contributed by atoms with Gasteiger partial charge in [-0.3, -0.25) is 0 Å². The molecule has 0 bridgehead atoms. The van der Waals surface area contributed by atoms with E-state index in [1.165, 1.54) is 30.6 Å². The number of methoxy groups -OCH3 is 1. The molecule has 0 amide bonds. The van der Waals surface area contributed by atoms with Gasteiger partial charge in [0, 0.05) is 29.9 Å². The van der Waals surface area contributed by atoms with E-state index in [2.05, 4.69) is 70.5 Å². The molecule has 3 nitrogen and oxygen atoms in total. The van der Waals surface area contributed by atoms with Crippen LogP contribution in [0.1, 0.15) is 31.7 Å². The van der Waals surface area contributed by atoms with E-state index in [1.54, 1.807) is 7.11 Å². The SMILES string of the molecule is CCC1CSC(CCCn2ccnc2)(Cc2ccc(OC)cc2)S1. The van der Waals surface area contributed by atoms with Crippen LogP contribution in [0.15, 0.2) is 43.0 Å². The zero-order valence-electron chi connectivity index (χ0n) is 14.5. The van der Waals surface area contributed by atoms with Crippen LogP contribution in [0.25, 0.3) is 0 Å². The summed E-state index contributed by atoms with van der Waals surface area (Å²) >= 11 is 4.38. The highest BCUT2D eigenvalue weighted by molar-refractivity contribution is 8.21. The molecule has 1 fully saturated rings. The van der Waals surface area contributed by atoms with Crippen molar-refractivity contribution in [2.75, 3.05) is 12.9 Å². The van der Waals surface area contributed by atoms with Gasteiger partial charge in [-0.15, -0.1) is 23.5 Å². The van der Waals surface area contributed by atoms with E-state index >= 15 is 0 Å². The Morgan fingerprint density at radius 3 is 2.79 bits per heavy atom. The van der Waals surface area contributed by atoms with Crippen LogP contribution in [-0.4, -0.2) is 31.7 Å². The van der Waals surface area contributed by atoms with Crippen molar-refractivity contribution in [3.8, 4) is 5.75 Å². The van der Waals surface area contributed by atoms with Gasteiger partial charge in [0.25, 0.3) is 0 Å². The van der Waals surface area contributed by atoms with Crippen LogP contribution in [0.4, 0.5) is 0 Å². The lowest BCUT2D eigenvalue weighted by atomic mass is 10.1. The number of thioether (sulfide) groups is 2. The molecule has 1 saturated heterocycles. The van der Waals surface area contributed by atoms with Gasteiger partial charge in [0.15, 0.2) is 0 Å². The number of benzene rings is 1. The van der Waals surface area contributed by atoms with E-state index in [-0.39, 0.29) is 0 Å². The van der Waals surface area contributed by atoms with E-state index in [0.717, 1.165) is 24.0 Å². The highest BCUT2D eigenvalue weighted by Crippen LogP contribution is 2.53. The molecule has 1 aliphatic rings. The summed E-state index contributed by atoms with van der Waals surface area (Å²) < 4.78 is 7.78. The molecule has 0 aliphatic carbocycles. The van der Waals surface area contributed by atoms with Crippen LogP contribution in [0.2, 0.25) is 0 Å². The normalized spacial score (nSPS) is 23.5. The minimum Gasteiger partial charge on any atom is -0.497 e. The molecule has 1 aromatic heterocycles. The number of aryl methyl sites for hydroxylation is 1. The second-order valence-corrected chi connectivity index (χ2v) is 9.64. The first kappa shape index (κ1) is 17.7. The number of nitrogens with zero attached hydrogens (tertiary/aromatic N) is 2. The summed E-state index contributed by atoms with van der Waals surface area (Å²) in [7, 11) is 1.72. The average molecular weight is 363 g/mol. The van der Waals surface area contributed by atoms with Crippen LogP contribution in [0.3, 0.4) is 0 Å². The van der Waals surface area contributed by atoms with Gasteiger partial charge in [-0.05, 0) is 43.4 Å². The van der Waals surface area contributed by atoms with Crippen molar-refractivity contribution in [3.05, 3.63) is 48.5 Å². The number of rotatable bonds is 8. The van der Waals surface area contributed by atoms with E-state index in [0.29, 0.717) is 4.08 Å². The van der Waals surface area contributed by atoms with Gasteiger partial charge in [-0.25, -0.2) is 4.98 Å². The smallest absolute Gasteiger partial charge is 0.118 e. The highest BCUT2D eigenvalue weighted by atomic mass is 32.2. The second-order valence-electron chi connectivity index (χ2n) is 6.30. The van der Waals surface area contributed by atoms with Crippen molar-refractivity contribution in [1.82, 2.24) is 9.55 Å². The van der Waals surface area contributed by atoms with Gasteiger partial charge in [0.1, 0.15) is 5.75 Å². The number of aromatic nitrogens is 2. The van der Waals surface area contributed by atoms with Crippen molar-refractivity contribution in [1.29, 1.82) is 0 Å². The van der Waals surface area contributed by atoms with E-state index < -0.39 is 0 Å². The van der Waals surface area contributed by atoms with Crippen molar-refractivity contribution in [2.24, 2.45) is 0 Å². The molecule has 0 saturated carbocycles. The van der Waals surface area contributed by atoms with Gasteiger partial charge < -0.3 is 9.30 Å². The molecule has 2 atom stereocenters. The standard InChI is InChI=1S/C19H26N2OS2/c1-3-18-14-23-19(24-18,9-4-11-21-12-10-20-15-21)13-16-5-7-17(22-2)8-6-16/h5-8,10,12,15,18H,3-4,9,11,13-14H2,1-2H3. The van der Waals surface area contributed by atoms with Crippen molar-refractivity contribution in [2.45, 2.75) is 48.5 Å². The molecule has 24 heavy (non-hydrogen) atoms. The first-order chi connectivity index (χ1) is 11.7. The molecule has 1 aromatic carbocycles. The number of hydrogen-bond acceptors (Lipinski definition) is 4. The Morgan fingerprint density at radius 1 is 1.33 bits per heavy atom. The van der Waals surface area contributed by atoms with Crippen LogP contribution in [0.5, 0.6) is 5.75 Å². The summed E-state index contributed by atoms with van der Waals surface area (Å²) in [6, 6.07) is 8.60. The Bertz CT molecular complexity index is 615. The molecule has 130 valence electrons. The zero-order valence-corrected chi connectivity index (χ0v) is 16.1. The molecule has 1 aliphatic heterocycles. The average Bonchev–Trinajstić information content (AvgIpc) is 3.26. The van der Waals surface area contributed by atoms with Crippen LogP contribution in [-0.2, 0) is 13.0 Å². The van der Waals surface area contributed by atoms with E-state index in [4.69, 9.17) is 4.74 Å². The summed E-state index contributed by atoms with van der Waals surface area (Å²) in [5.41, 5.74) is 1.41. The molecular formula is C19H26N2OS2. The number of imidazole rings is 1. The first-order valence-corrected chi connectivity index (χ1v) is 10.5. The van der Waals surface area contributed by atoms with Crippen molar-refractivity contribution >= 4 is 23.5 Å². The Balaban J connectivity index is 1.65. The van der Waals surface area contributed by atoms with Crippen molar-refractivity contribution < 1.29 is 4.74 Å². The van der Waals surface area contributed by atoms with Crippen LogP contribution in [0, 0.1) is 0 Å². The van der Waals surface area contributed by atoms with Gasteiger partial charge in [-0.1, -0.05) is 19.1 Å². The fourth-order valence-electron chi connectivity index (χ4n) is 3.13. The summed E-state index contributed by atoms with van der Waals surface area (Å²) in [5.74, 6) is 2.22. The van der Waals surface area contributed by atoms with Crippen LogP contribution >= 0.6 is 23.5 Å². The van der Waals surface area contributed by atoms with Gasteiger partial charge in [0.05, 0.1) is 17.5 Å². The lowest BCUT2D eigenvalue weighted by molar-refractivity contribution is 0.414. The van der Waals surface area contributed by atoms with E-state index in [1.807, 2.05) is 12.5 Å². The Kier molecular flexibility index (Phi) is 6.17. The second kappa shape index (κ2) is 8.34. The summed E-state index contributed by atoms with van der Waals surface area (Å²) in [6.45, 7) is 3.37. The monoisotopic (exact) mass is 362 g/mol. The third-order valence-corrected chi connectivity index (χ3v) is 8.44. The molecular weight excluding hydrogens is 336 g/mol. The first-order valence-electron chi connectivity index (χ1n) is 8.63. The molecule has 3 rings (SSSR count). The minimum atomic E-state index is 0.315. The topological polar surface area (TPSA) is 27.1 Å². The summed E-state index contributed by atoms with van der Waals surface area (Å²) in [5, 5.41) is 0.793. The maximum Gasteiger partial charge on any atom is 0.118 e. The fourth-order valence-corrected chi connectivity index (χ4v) is 7.06. The number of ether oxygens (including phenoxy) is 1. The molecule has 0 spiro atoms. The lowest BCUT2D eigenvalue weighted by Crippen LogP contribution is -2.22. The summed E-state index contributed by atoms with van der Waals surface area (Å²) in [4.78, 5) is 4.14. The van der Waals surface area contributed by atoms with Gasteiger partial charge in [-0.2, -0.15) is 0 Å². The quantitative estimate of drug-likeness (QED) is 0.669. The Morgan fingerprint density at radius 2 is 2.17 bits per heavy atom. The largest absolute Gasteiger partial charge is 0.497 e. The fraction of sp³-hybridized carbons (Fsp3) is 0.526. The van der Waals surface area contributed by atoms with E-state index in [9.17, 15) is 0 Å². The molecule has 2 unspecified atom stereocenters. The van der Waals surface area contributed by atoms with Gasteiger partial charge >= 0.3 is 0 Å². The predicted molar refractivity (Wildman–Crippen MR) is 105 cm³/mol. The summed E-state index contributed by atoms with van der Waals surface area (Å²) in [6.07, 6.45) is 10.7. The molecule has 0 radical (unpaired) electrons. The van der Waals surface area contributed by atoms with Crippen LogP contribution < -0.4 is 4.74 Å². The third kappa shape index (κ3) is 4.51. The third-order valence-electron chi connectivity index (χ3n) is 4.53. The maximum absolute atomic E-state index is 5.29. The minimum absolute atomic E-state index is 0.315. The highest BCUT2D eigenvalue weighted by Gasteiger charge is 2.39. The lowest BCUT2D eigenvalue weighted by Gasteiger charge is -2.28. The van der Waals surface area contributed by atoms with Gasteiger partial charge in [0.2, 0.25) is 0 Å². The predicted octanol–water partition coefficient (Wildman–Crippen LogP) is 4.87.